The summed E-state index contributed by atoms with van der Waals surface area (Å²) in [4.78, 5) is 12.6. The van der Waals surface area contributed by atoms with Gasteiger partial charge >= 0.3 is 5.97 Å². The van der Waals surface area contributed by atoms with Crippen molar-refractivity contribution in [1.29, 1.82) is 0 Å². The molecule has 0 saturated carbocycles. The third-order valence-corrected chi connectivity index (χ3v) is 3.15. The number of anilines is 1. The van der Waals surface area contributed by atoms with Crippen molar-refractivity contribution < 1.29 is 14.6 Å². The van der Waals surface area contributed by atoms with Gasteiger partial charge in [-0.3, -0.25) is 0 Å². The van der Waals surface area contributed by atoms with Gasteiger partial charge in [-0.2, -0.15) is 0 Å². The Morgan fingerprint density at radius 3 is 2.84 bits per heavy atom. The zero-order chi connectivity index (χ0) is 14.4. The van der Waals surface area contributed by atoms with Gasteiger partial charge in [0.25, 0.3) is 0 Å². The van der Waals surface area contributed by atoms with Gasteiger partial charge in [0.05, 0.1) is 17.3 Å². The molecular formula is C14H18ClNO3. The molecule has 1 N–H and O–H groups in total. The number of rotatable bonds is 6. The largest absolute Gasteiger partial charge is 0.478 e. The summed E-state index contributed by atoms with van der Waals surface area (Å²) in [5.74, 6) is -0.987. The summed E-state index contributed by atoms with van der Waals surface area (Å²) < 4.78 is 5.13. The Morgan fingerprint density at radius 1 is 1.58 bits per heavy atom. The zero-order valence-corrected chi connectivity index (χ0v) is 12.0. The van der Waals surface area contributed by atoms with Crippen molar-refractivity contribution in [3.8, 4) is 0 Å². The molecule has 0 fully saturated rings. The average Bonchev–Trinajstić information content (AvgIpc) is 2.35. The summed E-state index contributed by atoms with van der Waals surface area (Å²) in [7, 11) is 3.55. The molecule has 5 heteroatoms. The molecule has 1 unspecified atom stereocenters. The fourth-order valence-electron chi connectivity index (χ4n) is 1.77. The first-order chi connectivity index (χ1) is 8.97. The third kappa shape index (κ3) is 4.26. The van der Waals surface area contributed by atoms with E-state index in [9.17, 15) is 4.79 Å². The number of hydrogen-bond acceptors (Lipinski definition) is 3. The number of aliphatic carboxylic acids is 1. The highest BCUT2D eigenvalue weighted by Crippen LogP contribution is 2.31. The Hall–Kier alpha value is -1.52. The maximum Gasteiger partial charge on any atom is 0.328 e. The van der Waals surface area contributed by atoms with Crippen molar-refractivity contribution >= 4 is 29.3 Å². The summed E-state index contributed by atoms with van der Waals surface area (Å²) in [5.41, 5.74) is 1.56. The van der Waals surface area contributed by atoms with Gasteiger partial charge in [0.2, 0.25) is 0 Å². The minimum absolute atomic E-state index is 0.127. The normalized spacial score (nSPS) is 12.6. The molecule has 0 aliphatic carbocycles. The Kier molecular flexibility index (Phi) is 5.86. The number of nitrogens with zero attached hydrogens (tertiary/aromatic N) is 1. The Bertz CT molecular complexity index is 474. The second-order valence-electron chi connectivity index (χ2n) is 4.26. The van der Waals surface area contributed by atoms with E-state index in [0.29, 0.717) is 11.6 Å². The van der Waals surface area contributed by atoms with Crippen LogP contribution in [0.2, 0.25) is 5.02 Å². The molecule has 0 aliphatic rings. The summed E-state index contributed by atoms with van der Waals surface area (Å²) in [6.45, 7) is 2.57. The molecule has 0 spiro atoms. The average molecular weight is 284 g/mol. The van der Waals surface area contributed by atoms with Crippen molar-refractivity contribution in [1.82, 2.24) is 0 Å². The molecule has 1 aromatic carbocycles. The molecule has 0 heterocycles. The van der Waals surface area contributed by atoms with Crippen LogP contribution < -0.4 is 4.90 Å². The van der Waals surface area contributed by atoms with Crippen LogP contribution in [-0.2, 0) is 9.53 Å². The van der Waals surface area contributed by atoms with Gasteiger partial charge in [-0.15, -0.1) is 0 Å². The zero-order valence-electron chi connectivity index (χ0n) is 11.3. The second kappa shape index (κ2) is 7.16. The highest BCUT2D eigenvalue weighted by molar-refractivity contribution is 6.33. The second-order valence-corrected chi connectivity index (χ2v) is 4.67. The minimum atomic E-state index is -0.987. The molecule has 0 radical (unpaired) electrons. The molecule has 1 atom stereocenters. The fraction of sp³-hybridized carbons (Fsp3) is 0.357. The van der Waals surface area contributed by atoms with Crippen molar-refractivity contribution in [2.45, 2.75) is 13.0 Å². The number of carbonyl (C=O) groups is 1. The lowest BCUT2D eigenvalue weighted by atomic mass is 10.1. The number of benzene rings is 1. The van der Waals surface area contributed by atoms with E-state index in [1.807, 2.05) is 24.9 Å². The van der Waals surface area contributed by atoms with Crippen LogP contribution >= 0.6 is 11.6 Å². The smallest absolute Gasteiger partial charge is 0.328 e. The quantitative estimate of drug-likeness (QED) is 0.816. The third-order valence-electron chi connectivity index (χ3n) is 2.85. The molecule has 0 bridgehead atoms. The van der Waals surface area contributed by atoms with Crippen LogP contribution in [0.15, 0.2) is 24.3 Å². The number of likely N-dealkylation sites (N-methyl/N-ethyl adjacent to an activating group) is 1. The maximum atomic E-state index is 10.6. The maximum absolute atomic E-state index is 10.6. The van der Waals surface area contributed by atoms with E-state index in [0.717, 1.165) is 17.3 Å². The van der Waals surface area contributed by atoms with Crippen LogP contribution in [0, 0.1) is 0 Å². The van der Waals surface area contributed by atoms with E-state index in [-0.39, 0.29) is 6.04 Å². The van der Waals surface area contributed by atoms with E-state index in [1.54, 1.807) is 25.3 Å². The van der Waals surface area contributed by atoms with E-state index in [1.165, 1.54) is 0 Å². The Labute approximate surface area is 118 Å². The molecule has 104 valence electrons. The van der Waals surface area contributed by atoms with Gasteiger partial charge < -0.3 is 14.7 Å². The summed E-state index contributed by atoms with van der Waals surface area (Å²) in [6.07, 6.45) is 2.64. The fourth-order valence-corrected chi connectivity index (χ4v) is 2.09. The van der Waals surface area contributed by atoms with Crippen molar-refractivity contribution in [3.05, 3.63) is 34.9 Å². The number of halogens is 1. The number of para-hydroxylation sites is 1. The predicted molar refractivity (Wildman–Crippen MR) is 77.9 cm³/mol. The van der Waals surface area contributed by atoms with Gasteiger partial charge in [0, 0.05) is 26.3 Å². The number of carboxylic acid groups (broad SMARTS) is 1. The van der Waals surface area contributed by atoms with Crippen LogP contribution in [-0.4, -0.2) is 37.9 Å². The van der Waals surface area contributed by atoms with Crippen molar-refractivity contribution in [2.24, 2.45) is 0 Å². The minimum Gasteiger partial charge on any atom is -0.478 e. The molecule has 1 rings (SSSR count). The van der Waals surface area contributed by atoms with E-state index in [2.05, 4.69) is 0 Å². The monoisotopic (exact) mass is 283 g/mol. The first-order valence-electron chi connectivity index (χ1n) is 5.88. The van der Waals surface area contributed by atoms with Gasteiger partial charge in [-0.25, -0.2) is 4.79 Å². The number of ether oxygens (including phenoxy) is 1. The summed E-state index contributed by atoms with van der Waals surface area (Å²) in [5, 5.41) is 9.30. The molecule has 0 aliphatic heterocycles. The molecule has 19 heavy (non-hydrogen) atoms. The number of carboxylic acids is 1. The molecule has 4 nitrogen and oxygen atoms in total. The predicted octanol–water partition coefficient (Wildman–Crippen LogP) is 2.91. The van der Waals surface area contributed by atoms with Crippen molar-refractivity contribution in [3.63, 3.8) is 0 Å². The molecule has 0 aromatic heterocycles. The van der Waals surface area contributed by atoms with Gasteiger partial charge in [0.1, 0.15) is 0 Å². The molecule has 0 saturated heterocycles. The van der Waals surface area contributed by atoms with Crippen LogP contribution in [0.3, 0.4) is 0 Å². The standard InChI is InChI=1S/C14H18ClNO3/c1-10(9-19-3)16(2)14-11(7-8-13(17)18)5-4-6-12(14)15/h4-8,10H,9H2,1-3H3,(H,17,18)/b8-7+. The Balaban J connectivity index is 3.13. The lowest BCUT2D eigenvalue weighted by Gasteiger charge is -2.28. The van der Waals surface area contributed by atoms with Crippen LogP contribution in [0.1, 0.15) is 12.5 Å². The van der Waals surface area contributed by atoms with Crippen LogP contribution in [0.5, 0.6) is 0 Å². The first-order valence-corrected chi connectivity index (χ1v) is 6.26. The molecule has 0 amide bonds. The highest BCUT2D eigenvalue weighted by Gasteiger charge is 2.15. The van der Waals surface area contributed by atoms with Crippen LogP contribution in [0.25, 0.3) is 6.08 Å². The molecule has 1 aromatic rings. The van der Waals surface area contributed by atoms with Gasteiger partial charge in [-0.1, -0.05) is 23.7 Å². The highest BCUT2D eigenvalue weighted by atomic mass is 35.5. The summed E-state index contributed by atoms with van der Waals surface area (Å²) >= 11 is 6.22. The van der Waals surface area contributed by atoms with Crippen molar-refractivity contribution in [2.75, 3.05) is 25.7 Å². The lowest BCUT2D eigenvalue weighted by Crippen LogP contribution is -2.33. The van der Waals surface area contributed by atoms with E-state index >= 15 is 0 Å². The molecular weight excluding hydrogens is 266 g/mol. The van der Waals surface area contributed by atoms with Crippen LogP contribution in [0.4, 0.5) is 5.69 Å². The van der Waals surface area contributed by atoms with Gasteiger partial charge in [0.15, 0.2) is 0 Å². The topological polar surface area (TPSA) is 49.8 Å². The SMILES string of the molecule is COCC(C)N(C)c1c(Cl)cccc1/C=C/C(=O)O. The first kappa shape index (κ1) is 15.5. The number of hydrogen-bond donors (Lipinski definition) is 1. The van der Waals surface area contributed by atoms with Gasteiger partial charge in [-0.05, 0) is 24.6 Å². The summed E-state index contributed by atoms with van der Waals surface area (Å²) in [6, 6.07) is 5.53. The van der Waals surface area contributed by atoms with E-state index < -0.39 is 5.97 Å². The number of methoxy groups -OCH3 is 1. The lowest BCUT2D eigenvalue weighted by molar-refractivity contribution is -0.131. The Morgan fingerprint density at radius 2 is 2.26 bits per heavy atom. The van der Waals surface area contributed by atoms with E-state index in [4.69, 9.17) is 21.4 Å².